The first kappa shape index (κ1) is 50.1. The fraction of sp³-hybridized carbons (Fsp3) is 0.554. The lowest BCUT2D eigenvalue weighted by molar-refractivity contribution is -0.432. The van der Waals surface area contributed by atoms with Gasteiger partial charge in [0.25, 0.3) is 0 Å². The molecule has 0 amide bonds. The first-order valence-electron chi connectivity index (χ1n) is 25.3. The number of hydrogen-bond donors (Lipinski definition) is 0. The molecule has 5 aromatic rings. The van der Waals surface area contributed by atoms with Crippen molar-refractivity contribution in [2.24, 2.45) is 0 Å². The van der Waals surface area contributed by atoms with Crippen LogP contribution in [-0.4, -0.2) is 45.7 Å². The fourth-order valence-electron chi connectivity index (χ4n) is 9.58. The number of benzene rings is 3. The van der Waals surface area contributed by atoms with E-state index in [0.29, 0.717) is 6.26 Å². The van der Waals surface area contributed by atoms with Gasteiger partial charge in [0.2, 0.25) is 5.69 Å². The topological polar surface area (TPSA) is 70.1 Å². The third-order valence-electron chi connectivity index (χ3n) is 12.9. The fourth-order valence-corrected chi connectivity index (χ4v) is 9.58. The molecule has 2 aromatic heterocycles. The molecule has 6 nitrogen and oxygen atoms in total. The number of allylic oxidation sites excluding steroid dienone is 1. The van der Waals surface area contributed by atoms with Crippen molar-refractivity contribution in [3.8, 4) is 0 Å². The van der Waals surface area contributed by atoms with Crippen molar-refractivity contribution in [2.45, 2.75) is 188 Å². The minimum Gasteiger partial charge on any atom is -0.748 e. The number of aromatic nitrogens is 2. The smallest absolute Gasteiger partial charge is 0.213 e. The second kappa shape index (κ2) is 27.4. The van der Waals surface area contributed by atoms with Crippen LogP contribution in [0.25, 0.3) is 33.0 Å². The van der Waals surface area contributed by atoms with Gasteiger partial charge in [-0.05, 0) is 37.5 Å². The molecule has 63 heavy (non-hydrogen) atoms. The van der Waals surface area contributed by atoms with Crippen LogP contribution in [0.2, 0.25) is 0 Å². The van der Waals surface area contributed by atoms with Gasteiger partial charge in [0.15, 0.2) is 6.21 Å². The lowest BCUT2D eigenvalue weighted by atomic mass is 9.90. The molecule has 0 fully saturated rings. The predicted octanol–water partition coefficient (Wildman–Crippen LogP) is 15.9. The van der Waals surface area contributed by atoms with Crippen molar-refractivity contribution >= 4 is 55.0 Å². The molecule has 0 N–H and O–H groups in total. The van der Waals surface area contributed by atoms with Crippen LogP contribution in [0.4, 0.5) is 5.69 Å². The highest BCUT2D eigenvalue weighted by atomic mass is 32.2. The number of rotatable bonds is 29. The van der Waals surface area contributed by atoms with Crippen LogP contribution in [0.3, 0.4) is 0 Å². The third-order valence-corrected chi connectivity index (χ3v) is 12.9. The van der Waals surface area contributed by atoms with Gasteiger partial charge in [0, 0.05) is 82.7 Å². The molecule has 0 saturated carbocycles. The molecule has 3 aromatic carbocycles. The largest absolute Gasteiger partial charge is 0.748 e. The summed E-state index contributed by atoms with van der Waals surface area (Å²) < 4.78 is 35.0. The molecule has 344 valence electrons. The first-order valence-corrected chi connectivity index (χ1v) is 27.1. The van der Waals surface area contributed by atoms with Gasteiger partial charge in [-0.1, -0.05) is 198 Å². The Morgan fingerprint density at radius 1 is 0.508 bits per heavy atom. The van der Waals surface area contributed by atoms with Crippen molar-refractivity contribution in [3.63, 3.8) is 0 Å². The quantitative estimate of drug-likeness (QED) is 0.0273. The SMILES string of the molecule is CCCCCCCCCCn1cc(C(=C2C=[N+](CCCCCCCCCC)c3ccccc32)c2cn(CCCCCCCCCC)c3ccccc23)c2ccccc21.CS(=O)(=O)[O-]. The molecule has 0 aliphatic carbocycles. The van der Waals surface area contributed by atoms with Gasteiger partial charge >= 0.3 is 0 Å². The van der Waals surface area contributed by atoms with Crippen molar-refractivity contribution in [3.05, 3.63) is 102 Å². The Morgan fingerprint density at radius 3 is 1.32 bits per heavy atom. The van der Waals surface area contributed by atoms with Gasteiger partial charge in [-0.25, -0.2) is 8.42 Å². The Labute approximate surface area is 382 Å². The van der Waals surface area contributed by atoms with Gasteiger partial charge in [0.05, 0.1) is 21.3 Å². The van der Waals surface area contributed by atoms with Crippen molar-refractivity contribution in [1.29, 1.82) is 0 Å². The van der Waals surface area contributed by atoms with E-state index >= 15 is 0 Å². The van der Waals surface area contributed by atoms with Gasteiger partial charge < -0.3 is 13.7 Å². The molecule has 0 bridgehead atoms. The van der Waals surface area contributed by atoms with Crippen LogP contribution in [-0.2, 0) is 23.2 Å². The van der Waals surface area contributed by atoms with E-state index < -0.39 is 10.1 Å². The predicted molar refractivity (Wildman–Crippen MR) is 271 cm³/mol. The molecule has 1 aliphatic heterocycles. The van der Waals surface area contributed by atoms with Crippen LogP contribution < -0.4 is 0 Å². The Kier molecular flexibility index (Phi) is 21.8. The van der Waals surface area contributed by atoms with Crippen molar-refractivity contribution in [2.75, 3.05) is 12.8 Å². The molecular formula is C56H81N3O3S. The van der Waals surface area contributed by atoms with E-state index in [0.717, 1.165) is 19.6 Å². The van der Waals surface area contributed by atoms with E-state index in [2.05, 4.69) is 126 Å². The van der Waals surface area contributed by atoms with E-state index in [4.69, 9.17) is 13.0 Å². The highest BCUT2D eigenvalue weighted by Crippen LogP contribution is 2.44. The molecule has 0 atom stereocenters. The van der Waals surface area contributed by atoms with Gasteiger partial charge in [-0.15, -0.1) is 0 Å². The van der Waals surface area contributed by atoms with Gasteiger partial charge in [-0.3, -0.25) is 0 Å². The molecule has 0 radical (unpaired) electrons. The van der Waals surface area contributed by atoms with Crippen LogP contribution in [0, 0.1) is 0 Å². The summed E-state index contributed by atoms with van der Waals surface area (Å²) in [5, 5.41) is 2.74. The zero-order valence-electron chi connectivity index (χ0n) is 39.7. The number of unbranched alkanes of at least 4 members (excludes halogenated alkanes) is 21. The average Bonchev–Trinajstić information content (AvgIpc) is 3.95. The number of hydrogen-bond acceptors (Lipinski definition) is 3. The van der Waals surface area contributed by atoms with Crippen LogP contribution >= 0.6 is 0 Å². The summed E-state index contributed by atoms with van der Waals surface area (Å²) in [6, 6.07) is 27.7. The summed E-state index contributed by atoms with van der Waals surface area (Å²) in [6.45, 7) is 10.1. The minimum atomic E-state index is -3.92. The molecule has 0 saturated heterocycles. The summed E-state index contributed by atoms with van der Waals surface area (Å²) in [7, 11) is -3.92. The summed E-state index contributed by atoms with van der Waals surface area (Å²) >= 11 is 0. The van der Waals surface area contributed by atoms with E-state index in [1.807, 2.05) is 0 Å². The summed E-state index contributed by atoms with van der Waals surface area (Å²) in [6.07, 6.45) is 40.5. The average molecular weight is 876 g/mol. The molecule has 7 heteroatoms. The zero-order valence-corrected chi connectivity index (χ0v) is 40.5. The van der Waals surface area contributed by atoms with E-state index in [1.165, 1.54) is 209 Å². The van der Waals surface area contributed by atoms with Gasteiger partial charge in [0.1, 0.15) is 6.54 Å². The number of para-hydroxylation sites is 3. The summed E-state index contributed by atoms with van der Waals surface area (Å²) in [4.78, 5) is 0. The number of aryl methyl sites for hydroxylation is 2. The Morgan fingerprint density at radius 2 is 0.873 bits per heavy atom. The standard InChI is InChI=1S/C55H78N3.CH4O3S/c1-4-7-10-13-16-19-22-31-40-56-43-49(46-34-25-28-37-52(46)56)55(50-44-57(53-38-29-26-35-47(50)53)41-32-23-20-17-14-11-8-5-2)51-45-58(54-39-30-27-36-48(51)54)42-33-24-21-18-15-12-9-6-3;1-5(2,3)4/h25-30,34-39,43-45H,4-24,31-33,40-42H2,1-3H3;1H3,(H,2,3,4)/q+1;/p-1. The number of nitrogens with zero attached hydrogens (tertiary/aromatic N) is 3. The van der Waals surface area contributed by atoms with Crippen molar-refractivity contribution < 1.29 is 17.5 Å². The Balaban J connectivity index is 0.00000141. The molecule has 0 unspecified atom stereocenters. The maximum atomic E-state index is 9.08. The lowest BCUT2D eigenvalue weighted by Gasteiger charge is -2.10. The maximum absolute atomic E-state index is 9.08. The van der Waals surface area contributed by atoms with Crippen LogP contribution in [0.15, 0.2) is 85.2 Å². The van der Waals surface area contributed by atoms with E-state index in [9.17, 15) is 0 Å². The normalized spacial score (nSPS) is 12.5. The first-order chi connectivity index (χ1) is 30.7. The maximum Gasteiger partial charge on any atom is 0.213 e. The zero-order chi connectivity index (χ0) is 44.7. The molecule has 0 spiro atoms. The molecule has 1 aliphatic rings. The summed E-state index contributed by atoms with van der Waals surface area (Å²) in [5.41, 5.74) is 11.0. The van der Waals surface area contributed by atoms with Crippen LogP contribution in [0.1, 0.15) is 192 Å². The summed E-state index contributed by atoms with van der Waals surface area (Å²) in [5.74, 6) is 0. The van der Waals surface area contributed by atoms with E-state index in [1.54, 1.807) is 0 Å². The highest BCUT2D eigenvalue weighted by Gasteiger charge is 2.31. The molecular weight excluding hydrogens is 795 g/mol. The second-order valence-electron chi connectivity index (χ2n) is 18.3. The minimum absolute atomic E-state index is 0.604. The van der Waals surface area contributed by atoms with Crippen molar-refractivity contribution in [1.82, 2.24) is 9.13 Å². The monoisotopic (exact) mass is 876 g/mol. The third kappa shape index (κ3) is 15.9. The molecule has 6 rings (SSSR count). The van der Waals surface area contributed by atoms with Crippen LogP contribution in [0.5, 0.6) is 0 Å². The van der Waals surface area contributed by atoms with Gasteiger partial charge in [-0.2, -0.15) is 4.58 Å². The molecule has 3 heterocycles. The number of fused-ring (bicyclic) bond motifs is 3. The highest BCUT2D eigenvalue weighted by molar-refractivity contribution is 7.84. The Hall–Kier alpha value is -3.94. The second-order valence-corrected chi connectivity index (χ2v) is 19.7. The Bertz CT molecular complexity index is 2170. The van der Waals surface area contributed by atoms with E-state index in [-0.39, 0.29) is 0 Å². The lowest BCUT2D eigenvalue weighted by Crippen LogP contribution is -2.05.